The number of nitrogen functional groups attached to an aromatic ring is 1. The van der Waals surface area contributed by atoms with E-state index in [9.17, 15) is 0 Å². The summed E-state index contributed by atoms with van der Waals surface area (Å²) in [5, 5.41) is 2.14. The topological polar surface area (TPSA) is 61.0 Å². The van der Waals surface area contributed by atoms with Crippen molar-refractivity contribution in [1.29, 1.82) is 0 Å². The maximum atomic E-state index is 5.70. The first kappa shape index (κ1) is 10.0. The summed E-state index contributed by atoms with van der Waals surface area (Å²) in [7, 11) is 0. The quantitative estimate of drug-likeness (QED) is 0.751. The molecule has 2 heterocycles. The van der Waals surface area contributed by atoms with E-state index in [1.165, 1.54) is 11.3 Å². The number of fused-ring (bicyclic) bond motifs is 1. The van der Waals surface area contributed by atoms with Crippen LogP contribution in [0.15, 0.2) is 42.7 Å². The van der Waals surface area contributed by atoms with Gasteiger partial charge in [-0.2, -0.15) is 0 Å². The van der Waals surface area contributed by atoms with Crippen LogP contribution in [-0.2, 0) is 0 Å². The smallest absolute Gasteiger partial charge is 0.280 e. The predicted octanol–water partition coefficient (Wildman–Crippen LogP) is 3.07. The Morgan fingerprint density at radius 3 is 2.88 bits per heavy atom. The van der Waals surface area contributed by atoms with E-state index in [4.69, 9.17) is 10.5 Å². The first-order chi connectivity index (χ1) is 8.33. The fraction of sp³-hybridized carbons (Fsp3) is 0. The molecule has 0 aliphatic rings. The molecule has 3 rings (SSSR count). The van der Waals surface area contributed by atoms with Crippen LogP contribution in [0.2, 0.25) is 0 Å². The monoisotopic (exact) mass is 243 g/mol. The SMILES string of the molecule is Nc1cnc(Oc2cccc3ncccc23)s1. The largest absolute Gasteiger partial charge is 0.430 e. The third kappa shape index (κ3) is 1.92. The fourth-order valence-electron chi connectivity index (χ4n) is 1.58. The summed E-state index contributed by atoms with van der Waals surface area (Å²) in [4.78, 5) is 8.34. The number of pyridine rings is 1. The second-order valence-electron chi connectivity index (χ2n) is 3.46. The number of nitrogens with zero attached hydrogens (tertiary/aromatic N) is 2. The number of thiazole rings is 1. The third-order valence-electron chi connectivity index (χ3n) is 2.31. The van der Waals surface area contributed by atoms with Crippen LogP contribution < -0.4 is 10.5 Å². The average molecular weight is 243 g/mol. The number of rotatable bonds is 2. The highest BCUT2D eigenvalue weighted by Gasteiger charge is 2.06. The zero-order valence-electron chi connectivity index (χ0n) is 8.83. The van der Waals surface area contributed by atoms with Gasteiger partial charge in [-0.3, -0.25) is 4.98 Å². The van der Waals surface area contributed by atoms with Gasteiger partial charge in [0, 0.05) is 11.6 Å². The number of hydrogen-bond donors (Lipinski definition) is 1. The van der Waals surface area contributed by atoms with Crippen LogP contribution in [0.25, 0.3) is 10.9 Å². The highest BCUT2D eigenvalue weighted by Crippen LogP contribution is 2.31. The summed E-state index contributed by atoms with van der Waals surface area (Å²) in [5.41, 5.74) is 6.51. The summed E-state index contributed by atoms with van der Waals surface area (Å²) in [6, 6.07) is 9.58. The second kappa shape index (κ2) is 4.03. The molecule has 1 aromatic carbocycles. The highest BCUT2D eigenvalue weighted by atomic mass is 32.1. The normalized spacial score (nSPS) is 10.6. The number of benzene rings is 1. The van der Waals surface area contributed by atoms with Crippen LogP contribution in [0, 0.1) is 0 Å². The van der Waals surface area contributed by atoms with Crippen molar-refractivity contribution >= 4 is 27.2 Å². The van der Waals surface area contributed by atoms with Gasteiger partial charge in [0.05, 0.1) is 11.7 Å². The average Bonchev–Trinajstić information content (AvgIpc) is 2.75. The molecule has 0 amide bonds. The summed E-state index contributed by atoms with van der Waals surface area (Å²) >= 11 is 1.32. The molecule has 0 unspecified atom stereocenters. The molecule has 2 N–H and O–H groups in total. The minimum Gasteiger partial charge on any atom is -0.430 e. The molecule has 2 aromatic heterocycles. The predicted molar refractivity (Wildman–Crippen MR) is 68.3 cm³/mol. The van der Waals surface area contributed by atoms with Crippen LogP contribution in [0.3, 0.4) is 0 Å². The molecular formula is C12H9N3OS. The highest BCUT2D eigenvalue weighted by molar-refractivity contribution is 7.17. The van der Waals surface area contributed by atoms with Gasteiger partial charge in [0.1, 0.15) is 10.8 Å². The molecule has 0 aliphatic heterocycles. The molecule has 0 aliphatic carbocycles. The van der Waals surface area contributed by atoms with Crippen molar-refractivity contribution in [3.05, 3.63) is 42.7 Å². The van der Waals surface area contributed by atoms with Crippen molar-refractivity contribution in [3.63, 3.8) is 0 Å². The van der Waals surface area contributed by atoms with E-state index in [1.807, 2.05) is 30.3 Å². The maximum absolute atomic E-state index is 5.70. The molecular weight excluding hydrogens is 234 g/mol. The first-order valence-corrected chi connectivity index (χ1v) is 5.87. The van der Waals surface area contributed by atoms with Crippen molar-refractivity contribution in [3.8, 4) is 10.9 Å². The van der Waals surface area contributed by atoms with Gasteiger partial charge >= 0.3 is 0 Å². The lowest BCUT2D eigenvalue weighted by molar-refractivity contribution is 0.484. The van der Waals surface area contributed by atoms with Gasteiger partial charge in [-0.25, -0.2) is 4.98 Å². The Kier molecular flexibility index (Phi) is 2.38. The van der Waals surface area contributed by atoms with Crippen molar-refractivity contribution in [2.75, 3.05) is 5.73 Å². The number of hydrogen-bond acceptors (Lipinski definition) is 5. The van der Waals surface area contributed by atoms with Gasteiger partial charge < -0.3 is 10.5 Å². The molecule has 84 valence electrons. The van der Waals surface area contributed by atoms with Crippen molar-refractivity contribution < 1.29 is 4.74 Å². The van der Waals surface area contributed by atoms with Crippen LogP contribution >= 0.6 is 11.3 Å². The van der Waals surface area contributed by atoms with Gasteiger partial charge in [0.2, 0.25) is 0 Å². The molecule has 17 heavy (non-hydrogen) atoms. The Morgan fingerprint density at radius 2 is 2.06 bits per heavy atom. The molecule has 3 aromatic rings. The second-order valence-corrected chi connectivity index (χ2v) is 4.48. The number of ether oxygens (including phenoxy) is 1. The molecule has 4 nitrogen and oxygen atoms in total. The van der Waals surface area contributed by atoms with Gasteiger partial charge in [0.15, 0.2) is 0 Å². The maximum Gasteiger partial charge on any atom is 0.280 e. The Hall–Kier alpha value is -2.14. The van der Waals surface area contributed by atoms with Crippen molar-refractivity contribution in [1.82, 2.24) is 9.97 Å². The van der Waals surface area contributed by atoms with Crippen molar-refractivity contribution in [2.24, 2.45) is 0 Å². The first-order valence-electron chi connectivity index (χ1n) is 5.06. The van der Waals surface area contributed by atoms with Crippen LogP contribution in [0.5, 0.6) is 10.9 Å². The summed E-state index contributed by atoms with van der Waals surface area (Å²) in [6.45, 7) is 0. The van der Waals surface area contributed by atoms with E-state index in [-0.39, 0.29) is 0 Å². The third-order valence-corrected chi connectivity index (χ3v) is 3.01. The van der Waals surface area contributed by atoms with Crippen molar-refractivity contribution in [2.45, 2.75) is 0 Å². The molecule has 0 saturated heterocycles. The van der Waals surface area contributed by atoms with Crippen LogP contribution in [-0.4, -0.2) is 9.97 Å². The molecule has 0 spiro atoms. The molecule has 0 saturated carbocycles. The minimum absolute atomic E-state index is 0.541. The van der Waals surface area contributed by atoms with Crippen LogP contribution in [0.4, 0.5) is 5.00 Å². The van der Waals surface area contributed by atoms with Crippen LogP contribution in [0.1, 0.15) is 0 Å². The standard InChI is InChI=1S/C12H9N3OS/c13-11-7-15-12(17-11)16-10-5-1-4-9-8(10)3-2-6-14-9/h1-7H,13H2. The zero-order valence-corrected chi connectivity index (χ0v) is 9.65. The number of nitrogens with two attached hydrogens (primary N) is 1. The molecule has 5 heteroatoms. The van der Waals surface area contributed by atoms with Gasteiger partial charge in [-0.15, -0.1) is 0 Å². The van der Waals surface area contributed by atoms with Gasteiger partial charge in [-0.1, -0.05) is 17.4 Å². The molecule has 0 radical (unpaired) electrons. The van der Waals surface area contributed by atoms with Gasteiger partial charge in [-0.05, 0) is 24.3 Å². The lowest BCUT2D eigenvalue weighted by Crippen LogP contribution is -1.85. The summed E-state index contributed by atoms with van der Waals surface area (Å²) in [6.07, 6.45) is 3.34. The molecule has 0 atom stereocenters. The zero-order chi connectivity index (χ0) is 11.7. The lowest BCUT2D eigenvalue weighted by Gasteiger charge is -2.04. The fourth-order valence-corrected chi connectivity index (χ4v) is 2.12. The molecule has 0 fully saturated rings. The van der Waals surface area contributed by atoms with Gasteiger partial charge in [0.25, 0.3) is 5.19 Å². The number of aromatic nitrogens is 2. The molecule has 0 bridgehead atoms. The Morgan fingerprint density at radius 1 is 1.12 bits per heavy atom. The minimum atomic E-state index is 0.541. The Labute approximate surface area is 102 Å². The van der Waals surface area contributed by atoms with E-state index in [0.717, 1.165) is 16.7 Å². The van der Waals surface area contributed by atoms with E-state index in [1.54, 1.807) is 12.4 Å². The Bertz CT molecular complexity index is 660. The van der Waals surface area contributed by atoms with E-state index in [2.05, 4.69) is 9.97 Å². The van der Waals surface area contributed by atoms with E-state index < -0.39 is 0 Å². The summed E-state index contributed by atoms with van der Waals surface area (Å²) in [5.74, 6) is 0.741. The van der Waals surface area contributed by atoms with E-state index >= 15 is 0 Å². The number of anilines is 1. The summed E-state index contributed by atoms with van der Waals surface area (Å²) < 4.78 is 5.70. The Balaban J connectivity index is 2.05. The lowest BCUT2D eigenvalue weighted by atomic mass is 10.2. The van der Waals surface area contributed by atoms with E-state index in [0.29, 0.717) is 10.2 Å².